The van der Waals surface area contributed by atoms with Gasteiger partial charge >= 0.3 is 0 Å². The van der Waals surface area contributed by atoms with E-state index in [9.17, 15) is 9.59 Å². The van der Waals surface area contributed by atoms with Crippen LogP contribution in [0.25, 0.3) is 0 Å². The Morgan fingerprint density at radius 3 is 2.19 bits per heavy atom. The topological polar surface area (TPSA) is 82.3 Å². The molecule has 0 aliphatic carbocycles. The van der Waals surface area contributed by atoms with Crippen LogP contribution >= 0.6 is 24.8 Å². The van der Waals surface area contributed by atoms with Gasteiger partial charge in [0.25, 0.3) is 0 Å². The van der Waals surface area contributed by atoms with E-state index in [0.717, 1.165) is 29.7 Å². The van der Waals surface area contributed by atoms with Gasteiger partial charge in [0.05, 0.1) is 12.0 Å². The molecule has 4 N–H and O–H groups in total. The largest absolute Gasteiger partial charge is 0.356 e. The summed E-state index contributed by atoms with van der Waals surface area (Å²) < 4.78 is 0. The van der Waals surface area contributed by atoms with Crippen molar-refractivity contribution in [2.75, 3.05) is 18.4 Å². The highest BCUT2D eigenvalue weighted by Crippen LogP contribution is 2.35. The summed E-state index contributed by atoms with van der Waals surface area (Å²) in [5, 5.41) is 12.8. The summed E-state index contributed by atoms with van der Waals surface area (Å²) in [6.07, 6.45) is 1.61. The third-order valence-corrected chi connectivity index (χ3v) is 5.79. The molecular formula is C23H40Cl2N4O2. The molecule has 1 aromatic carbocycles. The van der Waals surface area contributed by atoms with Gasteiger partial charge in [-0.3, -0.25) is 9.59 Å². The fourth-order valence-corrected chi connectivity index (χ4v) is 4.27. The van der Waals surface area contributed by atoms with Crippen LogP contribution in [-0.2, 0) is 9.59 Å². The number of hydrogen-bond acceptors (Lipinski definition) is 4. The van der Waals surface area contributed by atoms with Crippen molar-refractivity contribution >= 4 is 42.3 Å². The van der Waals surface area contributed by atoms with E-state index in [1.165, 1.54) is 0 Å². The highest BCUT2D eigenvalue weighted by molar-refractivity contribution is 5.95. The van der Waals surface area contributed by atoms with Crippen LogP contribution in [0.15, 0.2) is 18.2 Å². The Labute approximate surface area is 199 Å². The first kappa shape index (κ1) is 29.7. The molecule has 8 heteroatoms. The van der Waals surface area contributed by atoms with E-state index in [1.54, 1.807) is 0 Å². The lowest BCUT2D eigenvalue weighted by Gasteiger charge is -2.27. The third-order valence-electron chi connectivity index (χ3n) is 5.79. The Morgan fingerprint density at radius 2 is 1.68 bits per heavy atom. The van der Waals surface area contributed by atoms with Crippen LogP contribution in [0.3, 0.4) is 0 Å². The molecule has 1 aliphatic heterocycles. The van der Waals surface area contributed by atoms with E-state index < -0.39 is 0 Å². The molecule has 0 spiro atoms. The van der Waals surface area contributed by atoms with Gasteiger partial charge in [-0.25, -0.2) is 0 Å². The Morgan fingerprint density at radius 1 is 1.10 bits per heavy atom. The standard InChI is InChI=1S/C23H38N4O2.2ClH/c1-15-10-8-11-16(2)19(15)26-20(28)17(3)24-12-9-13-25-21(29)18-14-22(4,5)27-23(18,6)7;;/h8,10-11,17-18,24,27H,9,12-14H2,1-7H3,(H,25,29)(H,26,28);2*1H. The van der Waals surface area contributed by atoms with Crippen molar-refractivity contribution in [2.45, 2.75) is 78.4 Å². The molecule has 6 nitrogen and oxygen atoms in total. The lowest BCUT2D eigenvalue weighted by Crippen LogP contribution is -2.48. The molecule has 1 heterocycles. The summed E-state index contributed by atoms with van der Waals surface area (Å²) in [7, 11) is 0. The van der Waals surface area contributed by atoms with Gasteiger partial charge in [0, 0.05) is 23.3 Å². The number of benzene rings is 1. The van der Waals surface area contributed by atoms with E-state index in [1.807, 2.05) is 39.0 Å². The first-order valence-electron chi connectivity index (χ1n) is 10.6. The van der Waals surface area contributed by atoms with Gasteiger partial charge in [-0.05, 0) is 79.0 Å². The quantitative estimate of drug-likeness (QED) is 0.432. The molecule has 0 aromatic heterocycles. The average molecular weight is 476 g/mol. The van der Waals surface area contributed by atoms with E-state index in [4.69, 9.17) is 0 Å². The zero-order valence-corrected chi connectivity index (χ0v) is 21.5. The monoisotopic (exact) mass is 474 g/mol. The second-order valence-electron chi connectivity index (χ2n) is 9.56. The maximum absolute atomic E-state index is 12.6. The molecule has 178 valence electrons. The number of halogens is 2. The van der Waals surface area contributed by atoms with Gasteiger partial charge in [0.2, 0.25) is 11.8 Å². The number of carbonyl (C=O) groups is 2. The lowest BCUT2D eigenvalue weighted by atomic mass is 9.86. The van der Waals surface area contributed by atoms with Crippen molar-refractivity contribution in [3.05, 3.63) is 29.3 Å². The fourth-order valence-electron chi connectivity index (χ4n) is 4.27. The van der Waals surface area contributed by atoms with Crippen molar-refractivity contribution < 1.29 is 9.59 Å². The lowest BCUT2D eigenvalue weighted by molar-refractivity contribution is -0.126. The second-order valence-corrected chi connectivity index (χ2v) is 9.56. The third kappa shape index (κ3) is 8.26. The number of anilines is 1. The van der Waals surface area contributed by atoms with Crippen LogP contribution in [-0.4, -0.2) is 42.0 Å². The van der Waals surface area contributed by atoms with Crippen LogP contribution in [0.1, 0.15) is 58.6 Å². The number of amides is 2. The predicted molar refractivity (Wildman–Crippen MR) is 134 cm³/mol. The van der Waals surface area contributed by atoms with Crippen LogP contribution in [0.2, 0.25) is 0 Å². The van der Waals surface area contributed by atoms with Crippen molar-refractivity contribution in [1.29, 1.82) is 0 Å². The fraction of sp³-hybridized carbons (Fsp3) is 0.652. The Hall–Kier alpha value is -1.34. The maximum atomic E-state index is 12.6. The Kier molecular flexibility index (Phi) is 11.5. The number of nitrogens with one attached hydrogen (secondary N) is 4. The molecule has 2 unspecified atom stereocenters. The maximum Gasteiger partial charge on any atom is 0.241 e. The number of aryl methyl sites for hydroxylation is 2. The predicted octanol–water partition coefficient (Wildman–Crippen LogP) is 3.74. The number of hydrogen-bond donors (Lipinski definition) is 4. The van der Waals surface area contributed by atoms with E-state index in [2.05, 4.69) is 49.0 Å². The molecule has 0 saturated carbocycles. The second kappa shape index (κ2) is 12.0. The molecule has 0 radical (unpaired) electrons. The average Bonchev–Trinajstić information content (AvgIpc) is 2.84. The molecule has 31 heavy (non-hydrogen) atoms. The van der Waals surface area contributed by atoms with Crippen LogP contribution < -0.4 is 21.3 Å². The van der Waals surface area contributed by atoms with E-state index in [-0.39, 0.29) is 59.7 Å². The summed E-state index contributed by atoms with van der Waals surface area (Å²) in [6, 6.07) is 5.67. The van der Waals surface area contributed by atoms with Crippen molar-refractivity contribution in [3.63, 3.8) is 0 Å². The molecular weight excluding hydrogens is 435 g/mol. The zero-order valence-electron chi connectivity index (χ0n) is 19.8. The van der Waals surface area contributed by atoms with E-state index in [0.29, 0.717) is 13.1 Å². The molecule has 2 amide bonds. The molecule has 0 bridgehead atoms. The molecule has 2 rings (SSSR count). The summed E-state index contributed by atoms with van der Waals surface area (Å²) in [6.45, 7) is 15.6. The van der Waals surface area contributed by atoms with Gasteiger partial charge < -0.3 is 21.3 Å². The molecule has 2 atom stereocenters. The summed E-state index contributed by atoms with van der Waals surface area (Å²) >= 11 is 0. The first-order chi connectivity index (χ1) is 13.4. The molecule has 1 fully saturated rings. The molecule has 1 saturated heterocycles. The number of carbonyl (C=O) groups excluding carboxylic acids is 2. The summed E-state index contributed by atoms with van der Waals surface area (Å²) in [4.78, 5) is 25.0. The highest BCUT2D eigenvalue weighted by atomic mass is 35.5. The highest BCUT2D eigenvalue weighted by Gasteiger charge is 2.47. The first-order valence-corrected chi connectivity index (χ1v) is 10.6. The van der Waals surface area contributed by atoms with Crippen LogP contribution in [0.5, 0.6) is 0 Å². The van der Waals surface area contributed by atoms with Crippen LogP contribution in [0.4, 0.5) is 5.69 Å². The van der Waals surface area contributed by atoms with Crippen molar-refractivity contribution in [2.24, 2.45) is 5.92 Å². The van der Waals surface area contributed by atoms with Gasteiger partial charge in [-0.2, -0.15) is 0 Å². The minimum atomic E-state index is -0.302. The minimum Gasteiger partial charge on any atom is -0.356 e. The normalized spacial score (nSPS) is 19.5. The van der Waals surface area contributed by atoms with Crippen molar-refractivity contribution in [3.8, 4) is 0 Å². The van der Waals surface area contributed by atoms with Crippen LogP contribution in [0, 0.1) is 19.8 Å². The van der Waals surface area contributed by atoms with Gasteiger partial charge in [0.15, 0.2) is 0 Å². The zero-order chi connectivity index (χ0) is 21.8. The van der Waals surface area contributed by atoms with Gasteiger partial charge in [-0.1, -0.05) is 18.2 Å². The molecule has 1 aromatic rings. The summed E-state index contributed by atoms with van der Waals surface area (Å²) in [5.41, 5.74) is 2.77. The summed E-state index contributed by atoms with van der Waals surface area (Å²) in [5.74, 6) is 0.0221. The number of para-hydroxylation sites is 1. The SMILES string of the molecule is Cc1cccc(C)c1NC(=O)C(C)NCCCNC(=O)C1CC(C)(C)NC1(C)C.Cl.Cl. The Balaban J connectivity index is 0.00000450. The number of rotatable bonds is 8. The van der Waals surface area contributed by atoms with Gasteiger partial charge in [-0.15, -0.1) is 24.8 Å². The Bertz CT molecular complexity index is 733. The van der Waals surface area contributed by atoms with E-state index >= 15 is 0 Å². The van der Waals surface area contributed by atoms with Crippen molar-refractivity contribution in [1.82, 2.24) is 16.0 Å². The smallest absolute Gasteiger partial charge is 0.241 e. The molecule has 1 aliphatic rings. The minimum absolute atomic E-state index is 0. The van der Waals surface area contributed by atoms with Gasteiger partial charge in [0.1, 0.15) is 0 Å².